The minimum Gasteiger partial charge on any atom is -0.507 e. The van der Waals surface area contributed by atoms with Crippen LogP contribution < -0.4 is 19.7 Å². The number of phenolic OH excluding ortho intramolecular Hbond substituents is 1. The molecule has 3 fully saturated rings. The average Bonchev–Trinajstić information content (AvgIpc) is 3.77. The molecule has 194 valence electrons. The summed E-state index contributed by atoms with van der Waals surface area (Å²) in [6.45, 7) is 0. The quantitative estimate of drug-likeness (QED) is 0.493. The fourth-order valence-electron chi connectivity index (χ4n) is 5.71. The monoisotopic (exact) mass is 506 g/mol. The van der Waals surface area contributed by atoms with Gasteiger partial charge in [-0.2, -0.15) is 0 Å². The summed E-state index contributed by atoms with van der Waals surface area (Å²) < 4.78 is 26.0. The molecule has 10 heteroatoms. The normalized spacial score (nSPS) is 24.9. The highest BCUT2D eigenvalue weighted by Crippen LogP contribution is 2.39. The number of aromatic hydroxyl groups is 1. The molecular weight excluding hydrogens is 475 g/mol. The first-order chi connectivity index (χ1) is 18.1. The van der Waals surface area contributed by atoms with Gasteiger partial charge >= 0.3 is 0 Å². The number of benzene rings is 1. The molecule has 2 bridgehead atoms. The number of pyridine rings is 1. The maximum Gasteiger partial charge on any atom is 0.256 e. The third-order valence-corrected chi connectivity index (χ3v) is 7.71. The van der Waals surface area contributed by atoms with Crippen molar-refractivity contribution in [2.45, 2.75) is 68.9 Å². The van der Waals surface area contributed by atoms with Gasteiger partial charge in [-0.1, -0.05) is 12.5 Å². The summed E-state index contributed by atoms with van der Waals surface area (Å²) in [5.41, 5.74) is 2.50. The number of methoxy groups -OCH3 is 2. The molecule has 1 aromatic carbocycles. The molecule has 0 unspecified atom stereocenters. The molecule has 9 nitrogen and oxygen atoms in total. The maximum absolute atomic E-state index is 15.5. The number of hydrogen-bond donors (Lipinski definition) is 2. The fraction of sp³-hybridized carbons (Fsp3) is 0.481. The molecule has 2 saturated heterocycles. The summed E-state index contributed by atoms with van der Waals surface area (Å²) in [7, 11) is 3.08. The maximum atomic E-state index is 15.5. The van der Waals surface area contributed by atoms with Crippen LogP contribution in [0, 0.1) is 0 Å². The smallest absolute Gasteiger partial charge is 0.256 e. The molecule has 4 heterocycles. The van der Waals surface area contributed by atoms with Gasteiger partial charge in [0.1, 0.15) is 17.6 Å². The number of hydrogen-bond acceptors (Lipinski definition) is 9. The standard InChI is InChI=1S/C27H31FN6O3/c1-36-24-11-16(13-29-26(24)37-2)15-6-9-19(23(35)10-15)21-14-30-27(33-32-21)34(18-7-8-18)22-12-17-4-3-5-20(31-17)25(22)28/h6,9-11,13-14,17-18,20,22,25,31,35H,3-5,7-8,12H2,1-2H3/t17-,20-,22+,25-/m0/s1. The SMILES string of the molecule is COc1cc(-c2ccc(-c3cnc(N(C4CC4)[C@@H]4C[C@@H]5CCC[C@H](N5)[C@@H]4F)nn3)c(O)c2)cnc1OC. The zero-order valence-corrected chi connectivity index (χ0v) is 21.0. The second-order valence-corrected chi connectivity index (χ2v) is 10.1. The zero-order valence-electron chi connectivity index (χ0n) is 21.0. The molecule has 1 saturated carbocycles. The zero-order chi connectivity index (χ0) is 25.5. The second-order valence-electron chi connectivity index (χ2n) is 10.1. The highest BCUT2D eigenvalue weighted by atomic mass is 19.1. The number of piperidine rings is 2. The Morgan fingerprint density at radius 2 is 1.86 bits per heavy atom. The Morgan fingerprint density at radius 3 is 2.57 bits per heavy atom. The van der Waals surface area contributed by atoms with Crippen LogP contribution in [0.1, 0.15) is 38.5 Å². The summed E-state index contributed by atoms with van der Waals surface area (Å²) in [5.74, 6) is 1.40. The van der Waals surface area contributed by atoms with E-state index in [0.717, 1.165) is 49.7 Å². The van der Waals surface area contributed by atoms with Crippen LogP contribution >= 0.6 is 0 Å². The van der Waals surface area contributed by atoms with E-state index in [4.69, 9.17) is 9.47 Å². The minimum atomic E-state index is -0.955. The molecule has 0 radical (unpaired) electrons. The summed E-state index contributed by atoms with van der Waals surface area (Å²) in [4.78, 5) is 10.9. The van der Waals surface area contributed by atoms with Gasteiger partial charge in [0.05, 0.1) is 26.5 Å². The largest absolute Gasteiger partial charge is 0.507 e. The number of nitrogens with one attached hydrogen (secondary N) is 1. The molecule has 0 amide bonds. The van der Waals surface area contributed by atoms with Crippen molar-refractivity contribution in [2.24, 2.45) is 0 Å². The minimum absolute atomic E-state index is 0.0465. The van der Waals surface area contributed by atoms with Crippen LogP contribution in [0.2, 0.25) is 0 Å². The molecule has 2 aromatic heterocycles. The van der Waals surface area contributed by atoms with Crippen molar-refractivity contribution in [3.05, 3.63) is 36.7 Å². The number of anilines is 1. The Kier molecular flexibility index (Phi) is 6.27. The van der Waals surface area contributed by atoms with E-state index in [1.54, 1.807) is 37.7 Å². The van der Waals surface area contributed by atoms with Gasteiger partial charge in [0, 0.05) is 35.4 Å². The lowest BCUT2D eigenvalue weighted by atomic mass is 9.82. The molecule has 0 spiro atoms. The van der Waals surface area contributed by atoms with Crippen LogP contribution in [0.3, 0.4) is 0 Å². The molecule has 2 N–H and O–H groups in total. The Morgan fingerprint density at radius 1 is 1.00 bits per heavy atom. The van der Waals surface area contributed by atoms with Crippen molar-refractivity contribution in [3.8, 4) is 39.8 Å². The predicted molar refractivity (Wildman–Crippen MR) is 137 cm³/mol. The van der Waals surface area contributed by atoms with Crippen LogP contribution in [0.15, 0.2) is 36.7 Å². The van der Waals surface area contributed by atoms with Gasteiger partial charge < -0.3 is 24.8 Å². The number of phenols is 1. The Labute approximate surface area is 215 Å². The molecule has 6 rings (SSSR count). The summed E-state index contributed by atoms with van der Waals surface area (Å²) >= 11 is 0. The predicted octanol–water partition coefficient (Wildman–Crippen LogP) is 3.91. The van der Waals surface area contributed by atoms with Crippen LogP contribution in [0.25, 0.3) is 22.4 Å². The number of aromatic nitrogens is 4. The fourth-order valence-corrected chi connectivity index (χ4v) is 5.71. The third kappa shape index (κ3) is 4.54. The van der Waals surface area contributed by atoms with Gasteiger partial charge in [-0.3, -0.25) is 0 Å². The number of alkyl halides is 1. The van der Waals surface area contributed by atoms with E-state index in [1.807, 2.05) is 6.07 Å². The molecule has 37 heavy (non-hydrogen) atoms. The van der Waals surface area contributed by atoms with Gasteiger partial charge in [0.25, 0.3) is 5.88 Å². The Balaban J connectivity index is 1.25. The molecule has 2 aliphatic heterocycles. The van der Waals surface area contributed by atoms with Crippen molar-refractivity contribution >= 4 is 5.95 Å². The van der Waals surface area contributed by atoms with E-state index >= 15 is 4.39 Å². The lowest BCUT2D eigenvalue weighted by Crippen LogP contribution is -2.62. The third-order valence-electron chi connectivity index (χ3n) is 7.71. The second kappa shape index (κ2) is 9.74. The van der Waals surface area contributed by atoms with Crippen molar-refractivity contribution in [1.29, 1.82) is 0 Å². The van der Waals surface area contributed by atoms with Gasteiger partial charge in [0.2, 0.25) is 5.95 Å². The van der Waals surface area contributed by atoms with E-state index < -0.39 is 6.17 Å². The highest BCUT2D eigenvalue weighted by Gasteiger charge is 2.47. The van der Waals surface area contributed by atoms with Crippen molar-refractivity contribution in [2.75, 3.05) is 19.1 Å². The molecule has 1 aliphatic carbocycles. The highest BCUT2D eigenvalue weighted by molar-refractivity contribution is 5.74. The first kappa shape index (κ1) is 23.8. The van der Waals surface area contributed by atoms with Gasteiger partial charge in [-0.05, 0) is 55.9 Å². The van der Waals surface area contributed by atoms with E-state index in [9.17, 15) is 5.11 Å². The topological polar surface area (TPSA) is 106 Å². The molecule has 4 atom stereocenters. The Bertz CT molecular complexity index is 1270. The summed E-state index contributed by atoms with van der Waals surface area (Å²) in [6, 6.07) is 7.37. The first-order valence-corrected chi connectivity index (χ1v) is 12.9. The number of ether oxygens (including phenoxy) is 2. The molecule has 3 aliphatic rings. The van der Waals surface area contributed by atoms with E-state index in [2.05, 4.69) is 30.4 Å². The van der Waals surface area contributed by atoms with Crippen LogP contribution in [-0.2, 0) is 0 Å². The van der Waals surface area contributed by atoms with Gasteiger partial charge in [-0.15, -0.1) is 10.2 Å². The van der Waals surface area contributed by atoms with Crippen molar-refractivity contribution in [1.82, 2.24) is 25.5 Å². The summed E-state index contributed by atoms with van der Waals surface area (Å²) in [6.07, 6.45) is 8.15. The van der Waals surface area contributed by atoms with Crippen molar-refractivity contribution in [3.63, 3.8) is 0 Å². The van der Waals surface area contributed by atoms with Crippen molar-refractivity contribution < 1.29 is 19.0 Å². The van der Waals surface area contributed by atoms with E-state index in [1.165, 1.54) is 7.11 Å². The van der Waals surface area contributed by atoms with Gasteiger partial charge in [-0.25, -0.2) is 14.4 Å². The summed E-state index contributed by atoms with van der Waals surface area (Å²) in [5, 5.41) is 23.1. The van der Waals surface area contributed by atoms with E-state index in [0.29, 0.717) is 34.9 Å². The lowest BCUT2D eigenvalue weighted by Gasteiger charge is -2.46. The van der Waals surface area contributed by atoms with Crippen LogP contribution in [-0.4, -0.2) is 69.8 Å². The number of rotatable bonds is 7. The van der Waals surface area contributed by atoms with E-state index in [-0.39, 0.29) is 23.9 Å². The van der Waals surface area contributed by atoms with Crippen LogP contribution in [0.5, 0.6) is 17.4 Å². The van der Waals surface area contributed by atoms with Crippen LogP contribution in [0.4, 0.5) is 10.3 Å². The number of fused-ring (bicyclic) bond motifs is 2. The number of halogens is 1. The number of nitrogens with zero attached hydrogens (tertiary/aromatic N) is 5. The molecular formula is C27H31FN6O3. The van der Waals surface area contributed by atoms with Gasteiger partial charge in [0.15, 0.2) is 5.75 Å². The Hall–Kier alpha value is -3.53. The average molecular weight is 507 g/mol. The first-order valence-electron chi connectivity index (χ1n) is 12.9. The molecule has 3 aromatic rings. The lowest BCUT2D eigenvalue weighted by molar-refractivity contribution is 0.103.